The molecule has 0 aliphatic carbocycles. The van der Waals surface area contributed by atoms with Gasteiger partial charge in [-0.2, -0.15) is 0 Å². The van der Waals surface area contributed by atoms with Gasteiger partial charge in [-0.15, -0.1) is 0 Å². The molecule has 3 heteroatoms. The van der Waals surface area contributed by atoms with Gasteiger partial charge >= 0.3 is 0 Å². The molecule has 1 N–H and O–H groups in total. The van der Waals surface area contributed by atoms with Crippen molar-refractivity contribution in [2.24, 2.45) is 5.92 Å². The van der Waals surface area contributed by atoms with Gasteiger partial charge in [0.05, 0.1) is 0 Å². The van der Waals surface area contributed by atoms with Crippen LogP contribution < -0.4 is 5.32 Å². The number of nitrogens with zero attached hydrogens (tertiary/aromatic N) is 1. The van der Waals surface area contributed by atoms with Crippen LogP contribution in [0.2, 0.25) is 0 Å². The van der Waals surface area contributed by atoms with Crippen LogP contribution >= 0.6 is 15.9 Å². The highest BCUT2D eigenvalue weighted by atomic mass is 79.9. The van der Waals surface area contributed by atoms with Crippen LogP contribution in [-0.4, -0.2) is 37.6 Å². The summed E-state index contributed by atoms with van der Waals surface area (Å²) in [6, 6.07) is 0.658. The van der Waals surface area contributed by atoms with Gasteiger partial charge in [0.15, 0.2) is 0 Å². The van der Waals surface area contributed by atoms with Gasteiger partial charge in [-0.1, -0.05) is 29.4 Å². The Labute approximate surface area is 89.5 Å². The summed E-state index contributed by atoms with van der Waals surface area (Å²) in [5.74, 6) is 0.741. The van der Waals surface area contributed by atoms with Crippen molar-refractivity contribution in [2.75, 3.05) is 26.7 Å². The highest BCUT2D eigenvalue weighted by molar-refractivity contribution is 9.11. The highest BCUT2D eigenvalue weighted by Crippen LogP contribution is 2.15. The molecule has 0 radical (unpaired) electrons. The lowest BCUT2D eigenvalue weighted by molar-refractivity contribution is 0.178. The van der Waals surface area contributed by atoms with E-state index in [0.29, 0.717) is 6.04 Å². The smallest absolute Gasteiger partial charge is 0.0268 e. The van der Waals surface area contributed by atoms with Crippen molar-refractivity contribution in [3.05, 3.63) is 11.1 Å². The summed E-state index contributed by atoms with van der Waals surface area (Å²) in [5.41, 5.74) is 0. The molecule has 2 atom stereocenters. The summed E-state index contributed by atoms with van der Waals surface area (Å²) in [7, 11) is 2.19. The summed E-state index contributed by atoms with van der Waals surface area (Å²) >= 11 is 3.37. The Morgan fingerprint density at radius 1 is 1.69 bits per heavy atom. The zero-order chi connectivity index (χ0) is 9.84. The summed E-state index contributed by atoms with van der Waals surface area (Å²) < 4.78 is 1.04. The molecule has 0 amide bonds. The Morgan fingerprint density at radius 3 is 2.92 bits per heavy atom. The fraction of sp³-hybridized carbons (Fsp3) is 0.800. The minimum Gasteiger partial charge on any atom is -0.309 e. The number of likely N-dealkylation sites (tertiary alicyclic amines) is 1. The number of hydrogen-bond acceptors (Lipinski definition) is 2. The Hall–Kier alpha value is 0.140. The first-order valence-corrected chi connectivity index (χ1v) is 5.64. The first-order chi connectivity index (χ1) is 6.09. The van der Waals surface area contributed by atoms with E-state index in [9.17, 15) is 0 Å². The molecule has 13 heavy (non-hydrogen) atoms. The van der Waals surface area contributed by atoms with E-state index < -0.39 is 0 Å². The van der Waals surface area contributed by atoms with Crippen molar-refractivity contribution < 1.29 is 0 Å². The van der Waals surface area contributed by atoms with Crippen LogP contribution in [0.3, 0.4) is 0 Å². The van der Waals surface area contributed by atoms with E-state index in [-0.39, 0.29) is 0 Å². The molecule has 0 aromatic heterocycles. The zero-order valence-electron chi connectivity index (χ0n) is 8.52. The van der Waals surface area contributed by atoms with Crippen LogP contribution in [0.5, 0.6) is 0 Å². The average molecular weight is 247 g/mol. The van der Waals surface area contributed by atoms with Gasteiger partial charge in [-0.25, -0.2) is 0 Å². The van der Waals surface area contributed by atoms with E-state index in [2.05, 4.69) is 46.7 Å². The van der Waals surface area contributed by atoms with Crippen molar-refractivity contribution in [1.29, 1.82) is 0 Å². The zero-order valence-corrected chi connectivity index (χ0v) is 10.1. The normalized spacial score (nSPS) is 30.4. The summed E-state index contributed by atoms with van der Waals surface area (Å²) in [6.45, 7) is 9.43. The Kier molecular flexibility index (Phi) is 4.42. The monoisotopic (exact) mass is 246 g/mol. The van der Waals surface area contributed by atoms with Crippen molar-refractivity contribution in [2.45, 2.75) is 19.4 Å². The molecule has 76 valence electrons. The number of nitrogens with one attached hydrogen (secondary N) is 1. The maximum atomic E-state index is 3.82. The molecule has 0 bridgehead atoms. The minimum atomic E-state index is 0.658. The molecular formula is C10H19BrN2. The SMILES string of the molecule is C=C(Br)CNC1CCN(C)CC1C. The molecule has 1 heterocycles. The fourth-order valence-electron chi connectivity index (χ4n) is 1.90. The second-order valence-electron chi connectivity index (χ2n) is 4.03. The first-order valence-electron chi connectivity index (χ1n) is 4.85. The molecule has 1 rings (SSSR count). The van der Waals surface area contributed by atoms with Gasteiger partial charge in [-0.05, 0) is 25.9 Å². The van der Waals surface area contributed by atoms with E-state index in [0.717, 1.165) is 16.9 Å². The quantitative estimate of drug-likeness (QED) is 0.818. The molecule has 0 aromatic rings. The number of hydrogen-bond donors (Lipinski definition) is 1. The second-order valence-corrected chi connectivity index (χ2v) is 5.15. The lowest BCUT2D eigenvalue weighted by Gasteiger charge is -2.35. The van der Waals surface area contributed by atoms with Gasteiger partial charge < -0.3 is 10.2 Å². The summed E-state index contributed by atoms with van der Waals surface area (Å²) in [4.78, 5) is 2.39. The van der Waals surface area contributed by atoms with Gasteiger partial charge in [0.25, 0.3) is 0 Å². The first kappa shape index (κ1) is 11.2. The molecule has 2 nitrogen and oxygen atoms in total. The van der Waals surface area contributed by atoms with Crippen LogP contribution in [0.4, 0.5) is 0 Å². The Balaban J connectivity index is 2.29. The van der Waals surface area contributed by atoms with Crippen molar-refractivity contribution in [3.8, 4) is 0 Å². The lowest BCUT2D eigenvalue weighted by atomic mass is 9.94. The van der Waals surface area contributed by atoms with Gasteiger partial charge in [0.2, 0.25) is 0 Å². The maximum Gasteiger partial charge on any atom is 0.0268 e. The molecule has 1 aliphatic heterocycles. The van der Waals surface area contributed by atoms with Crippen LogP contribution in [-0.2, 0) is 0 Å². The molecule has 1 fully saturated rings. The van der Waals surface area contributed by atoms with Gasteiger partial charge in [0.1, 0.15) is 0 Å². The van der Waals surface area contributed by atoms with Crippen molar-refractivity contribution in [1.82, 2.24) is 10.2 Å². The number of rotatable bonds is 3. The third-order valence-electron chi connectivity index (χ3n) is 2.66. The van der Waals surface area contributed by atoms with E-state index in [1.165, 1.54) is 19.5 Å². The maximum absolute atomic E-state index is 3.82. The minimum absolute atomic E-state index is 0.658. The molecule has 1 aliphatic rings. The van der Waals surface area contributed by atoms with Crippen LogP contribution in [0.25, 0.3) is 0 Å². The van der Waals surface area contributed by atoms with Crippen LogP contribution in [0.15, 0.2) is 11.1 Å². The topological polar surface area (TPSA) is 15.3 Å². The van der Waals surface area contributed by atoms with E-state index in [1.807, 2.05) is 0 Å². The van der Waals surface area contributed by atoms with Crippen molar-refractivity contribution >= 4 is 15.9 Å². The molecular weight excluding hydrogens is 228 g/mol. The second kappa shape index (κ2) is 5.13. The van der Waals surface area contributed by atoms with Crippen molar-refractivity contribution in [3.63, 3.8) is 0 Å². The van der Waals surface area contributed by atoms with Gasteiger partial charge in [-0.3, -0.25) is 0 Å². The summed E-state index contributed by atoms with van der Waals surface area (Å²) in [6.07, 6.45) is 1.25. The standard InChI is InChI=1S/C10H19BrN2/c1-8-7-13(3)5-4-10(8)12-6-9(2)11/h8,10,12H,2,4-7H2,1,3H3. The highest BCUT2D eigenvalue weighted by Gasteiger charge is 2.23. The Bertz CT molecular complexity index is 182. The third-order valence-corrected chi connectivity index (χ3v) is 2.94. The molecule has 0 aromatic carbocycles. The number of piperidine rings is 1. The molecule has 2 unspecified atom stereocenters. The largest absolute Gasteiger partial charge is 0.309 e. The average Bonchev–Trinajstić information content (AvgIpc) is 2.02. The lowest BCUT2D eigenvalue weighted by Crippen LogP contribution is -2.47. The number of halogens is 1. The summed E-state index contributed by atoms with van der Waals surface area (Å²) in [5, 5.41) is 3.52. The Morgan fingerprint density at radius 2 is 2.38 bits per heavy atom. The fourth-order valence-corrected chi connectivity index (χ4v) is 2.06. The third kappa shape index (κ3) is 3.79. The molecule has 0 spiro atoms. The molecule has 0 saturated carbocycles. The van der Waals surface area contributed by atoms with Crippen LogP contribution in [0.1, 0.15) is 13.3 Å². The van der Waals surface area contributed by atoms with Gasteiger partial charge in [0, 0.05) is 23.6 Å². The van der Waals surface area contributed by atoms with E-state index in [1.54, 1.807) is 0 Å². The predicted octanol–water partition coefficient (Wildman–Crippen LogP) is 1.82. The molecule has 1 saturated heterocycles. The predicted molar refractivity (Wildman–Crippen MR) is 61.1 cm³/mol. The van der Waals surface area contributed by atoms with E-state index in [4.69, 9.17) is 0 Å². The van der Waals surface area contributed by atoms with E-state index >= 15 is 0 Å². The van der Waals surface area contributed by atoms with Crippen LogP contribution in [0, 0.1) is 5.92 Å².